The molecular formula is C19H18ClFN2O3S. The summed E-state index contributed by atoms with van der Waals surface area (Å²) < 4.78 is 39.8. The van der Waals surface area contributed by atoms with E-state index < -0.39 is 10.0 Å². The number of hydrogen-bond donors (Lipinski definition) is 0. The highest BCUT2D eigenvalue weighted by molar-refractivity contribution is 7.89. The topological polar surface area (TPSA) is 57.7 Å². The van der Waals surface area contributed by atoms with E-state index >= 15 is 0 Å². The Kier molecular flexibility index (Phi) is 5.94. The van der Waals surface area contributed by atoms with Crippen LogP contribution in [0.15, 0.2) is 59.5 Å². The van der Waals surface area contributed by atoms with Gasteiger partial charge >= 0.3 is 0 Å². The van der Waals surface area contributed by atoms with Crippen LogP contribution in [0.3, 0.4) is 0 Å². The highest BCUT2D eigenvalue weighted by atomic mass is 35.5. The van der Waals surface area contributed by atoms with Crippen LogP contribution in [0.5, 0.6) is 0 Å². The van der Waals surface area contributed by atoms with Crippen LogP contribution in [0.1, 0.15) is 5.56 Å². The van der Waals surface area contributed by atoms with Crippen molar-refractivity contribution in [2.45, 2.75) is 4.90 Å². The average Bonchev–Trinajstić information content (AvgIpc) is 2.66. The van der Waals surface area contributed by atoms with E-state index in [-0.39, 0.29) is 29.7 Å². The molecule has 0 spiro atoms. The quantitative estimate of drug-likeness (QED) is 0.731. The standard InChI is InChI=1S/C19H18ClFN2O3S/c20-16-5-7-18(8-6-16)27(25,26)23-12-10-22(11-13-23)19(24)9-4-15-2-1-3-17(21)14-15/h1-9,14H,10-13H2. The molecule has 5 nitrogen and oxygen atoms in total. The summed E-state index contributed by atoms with van der Waals surface area (Å²) in [7, 11) is -3.61. The van der Waals surface area contributed by atoms with Gasteiger partial charge in [0.05, 0.1) is 4.90 Å². The molecule has 2 aromatic rings. The minimum Gasteiger partial charge on any atom is -0.337 e. The van der Waals surface area contributed by atoms with Crippen molar-refractivity contribution in [3.05, 3.63) is 71.0 Å². The molecule has 1 fully saturated rings. The van der Waals surface area contributed by atoms with Gasteiger partial charge < -0.3 is 4.90 Å². The van der Waals surface area contributed by atoms with Crippen LogP contribution in [-0.4, -0.2) is 49.7 Å². The summed E-state index contributed by atoms with van der Waals surface area (Å²) in [5.41, 5.74) is 0.590. The van der Waals surface area contributed by atoms with E-state index in [0.29, 0.717) is 23.7 Å². The number of amides is 1. The zero-order valence-corrected chi connectivity index (χ0v) is 16.0. The highest BCUT2D eigenvalue weighted by Gasteiger charge is 2.29. The Balaban J connectivity index is 1.61. The fourth-order valence-corrected chi connectivity index (χ4v) is 4.34. The van der Waals surface area contributed by atoms with Crippen LogP contribution in [-0.2, 0) is 14.8 Å². The molecule has 0 N–H and O–H groups in total. The van der Waals surface area contributed by atoms with Crippen molar-refractivity contribution in [3.63, 3.8) is 0 Å². The van der Waals surface area contributed by atoms with Crippen LogP contribution in [0.2, 0.25) is 5.02 Å². The van der Waals surface area contributed by atoms with Gasteiger partial charge in [-0.05, 0) is 48.0 Å². The SMILES string of the molecule is O=C(C=Cc1cccc(F)c1)N1CCN(S(=O)(=O)c2ccc(Cl)cc2)CC1. The zero-order chi connectivity index (χ0) is 19.4. The van der Waals surface area contributed by atoms with E-state index in [2.05, 4.69) is 0 Å². The maximum absolute atomic E-state index is 13.2. The first-order chi connectivity index (χ1) is 12.9. The van der Waals surface area contributed by atoms with Gasteiger partial charge in [-0.15, -0.1) is 0 Å². The van der Waals surface area contributed by atoms with Gasteiger partial charge in [-0.2, -0.15) is 4.31 Å². The summed E-state index contributed by atoms with van der Waals surface area (Å²) >= 11 is 5.80. The number of rotatable bonds is 4. The molecule has 1 saturated heterocycles. The van der Waals surface area contributed by atoms with Crippen LogP contribution < -0.4 is 0 Å². The molecule has 8 heteroatoms. The average molecular weight is 409 g/mol. The molecule has 0 radical (unpaired) electrons. The fourth-order valence-electron chi connectivity index (χ4n) is 2.79. The molecule has 1 amide bonds. The number of halogens is 2. The van der Waals surface area contributed by atoms with Crippen LogP contribution in [0.25, 0.3) is 6.08 Å². The molecule has 1 heterocycles. The predicted molar refractivity (Wildman–Crippen MR) is 102 cm³/mol. The number of sulfonamides is 1. The van der Waals surface area contributed by atoms with Gasteiger partial charge in [0.25, 0.3) is 0 Å². The van der Waals surface area contributed by atoms with Crippen molar-refractivity contribution >= 4 is 33.6 Å². The molecule has 27 heavy (non-hydrogen) atoms. The first-order valence-corrected chi connectivity index (χ1v) is 10.2. The zero-order valence-electron chi connectivity index (χ0n) is 14.4. The molecule has 0 aromatic heterocycles. The summed E-state index contributed by atoms with van der Waals surface area (Å²) in [4.78, 5) is 14.0. The number of benzene rings is 2. The number of carbonyl (C=O) groups excluding carboxylic acids is 1. The Labute approximate surface area is 162 Å². The van der Waals surface area contributed by atoms with Crippen molar-refractivity contribution in [1.29, 1.82) is 0 Å². The van der Waals surface area contributed by atoms with E-state index in [1.165, 1.54) is 46.8 Å². The lowest BCUT2D eigenvalue weighted by Crippen LogP contribution is -2.50. The highest BCUT2D eigenvalue weighted by Crippen LogP contribution is 2.20. The van der Waals surface area contributed by atoms with E-state index in [1.54, 1.807) is 23.1 Å². The minimum atomic E-state index is -3.61. The second-order valence-corrected chi connectivity index (χ2v) is 8.45. The summed E-state index contributed by atoms with van der Waals surface area (Å²) in [6.07, 6.45) is 2.92. The summed E-state index contributed by atoms with van der Waals surface area (Å²) in [6, 6.07) is 11.9. The molecule has 1 aliphatic rings. The van der Waals surface area contributed by atoms with Gasteiger partial charge in [0, 0.05) is 37.3 Å². The third kappa shape index (κ3) is 4.74. The summed E-state index contributed by atoms with van der Waals surface area (Å²) in [5.74, 6) is -0.603. The smallest absolute Gasteiger partial charge is 0.246 e. The van der Waals surface area contributed by atoms with Crippen molar-refractivity contribution in [2.75, 3.05) is 26.2 Å². The molecule has 142 valence electrons. The van der Waals surface area contributed by atoms with E-state index in [9.17, 15) is 17.6 Å². The van der Waals surface area contributed by atoms with Gasteiger partial charge in [-0.3, -0.25) is 4.79 Å². The van der Waals surface area contributed by atoms with E-state index in [4.69, 9.17) is 11.6 Å². The first-order valence-electron chi connectivity index (χ1n) is 8.34. The second kappa shape index (κ2) is 8.21. The normalized spacial score (nSPS) is 16.0. The first kappa shape index (κ1) is 19.5. The third-order valence-corrected chi connectivity index (χ3v) is 6.43. The molecule has 0 aliphatic carbocycles. The monoisotopic (exact) mass is 408 g/mol. The van der Waals surface area contributed by atoms with Crippen LogP contribution >= 0.6 is 11.6 Å². The van der Waals surface area contributed by atoms with E-state index in [0.717, 1.165) is 0 Å². The van der Waals surface area contributed by atoms with Crippen molar-refractivity contribution in [1.82, 2.24) is 9.21 Å². The second-order valence-electron chi connectivity index (χ2n) is 6.07. The van der Waals surface area contributed by atoms with E-state index in [1.807, 2.05) is 0 Å². The lowest BCUT2D eigenvalue weighted by atomic mass is 10.2. The van der Waals surface area contributed by atoms with Gasteiger partial charge in [0.1, 0.15) is 5.82 Å². The van der Waals surface area contributed by atoms with Crippen molar-refractivity contribution < 1.29 is 17.6 Å². The number of piperazine rings is 1. The Hall–Kier alpha value is -2.22. The summed E-state index contributed by atoms with van der Waals surface area (Å²) in [6.45, 7) is 1.01. The van der Waals surface area contributed by atoms with Gasteiger partial charge in [-0.1, -0.05) is 23.7 Å². The van der Waals surface area contributed by atoms with Gasteiger partial charge in [0.2, 0.25) is 15.9 Å². The predicted octanol–water partition coefficient (Wildman–Crippen LogP) is 3.03. The molecule has 0 saturated carbocycles. The summed E-state index contributed by atoms with van der Waals surface area (Å²) in [5, 5.41) is 0.467. The minimum absolute atomic E-state index is 0.178. The molecule has 0 atom stereocenters. The van der Waals surface area contributed by atoms with Crippen LogP contribution in [0.4, 0.5) is 4.39 Å². The number of carbonyl (C=O) groups is 1. The van der Waals surface area contributed by atoms with Gasteiger partial charge in [-0.25, -0.2) is 12.8 Å². The van der Waals surface area contributed by atoms with Crippen LogP contribution in [0, 0.1) is 5.82 Å². The lowest BCUT2D eigenvalue weighted by molar-refractivity contribution is -0.127. The molecule has 0 unspecified atom stereocenters. The van der Waals surface area contributed by atoms with Crippen molar-refractivity contribution in [3.8, 4) is 0 Å². The fraction of sp³-hybridized carbons (Fsp3) is 0.211. The number of nitrogens with zero attached hydrogens (tertiary/aromatic N) is 2. The Bertz CT molecular complexity index is 953. The maximum atomic E-state index is 13.2. The van der Waals surface area contributed by atoms with Gasteiger partial charge in [0.15, 0.2) is 0 Å². The lowest BCUT2D eigenvalue weighted by Gasteiger charge is -2.33. The molecule has 1 aliphatic heterocycles. The molecule has 2 aromatic carbocycles. The van der Waals surface area contributed by atoms with Crippen molar-refractivity contribution in [2.24, 2.45) is 0 Å². The Morgan fingerprint density at radius 2 is 1.70 bits per heavy atom. The third-order valence-electron chi connectivity index (χ3n) is 4.27. The molecule has 3 rings (SSSR count). The number of hydrogen-bond acceptors (Lipinski definition) is 3. The Morgan fingerprint density at radius 3 is 2.33 bits per heavy atom. The maximum Gasteiger partial charge on any atom is 0.246 e. The largest absolute Gasteiger partial charge is 0.337 e. The molecule has 0 bridgehead atoms. The molecular weight excluding hydrogens is 391 g/mol. The Morgan fingerprint density at radius 1 is 1.04 bits per heavy atom.